The molecule has 0 N–H and O–H groups in total. The van der Waals surface area contributed by atoms with Crippen molar-refractivity contribution in [3.8, 4) is 0 Å². The first-order valence-electron chi connectivity index (χ1n) is 36.1. The van der Waals surface area contributed by atoms with Crippen molar-refractivity contribution in [1.82, 2.24) is 0 Å². The number of allylic oxidation sites excluding steroid dienone is 14. The number of hydrogen-bond acceptors (Lipinski definition) is 6. The first kappa shape index (κ1) is 79.6. The van der Waals surface area contributed by atoms with E-state index in [-0.39, 0.29) is 31.1 Å². The van der Waals surface area contributed by atoms with Gasteiger partial charge in [0.05, 0.1) is 0 Å². The molecule has 6 nitrogen and oxygen atoms in total. The fourth-order valence-corrected chi connectivity index (χ4v) is 10.4. The molecular formula is C77H136O6. The number of hydrogen-bond donors (Lipinski definition) is 0. The van der Waals surface area contributed by atoms with Crippen molar-refractivity contribution in [2.45, 2.75) is 374 Å². The average Bonchev–Trinajstić information content (AvgIpc) is 3.50. The van der Waals surface area contributed by atoms with Gasteiger partial charge in [0.2, 0.25) is 0 Å². The second-order valence-electron chi connectivity index (χ2n) is 24.1. The minimum atomic E-state index is -0.789. The number of unbranched alkanes of at least 4 members (excludes halogenated alkanes) is 41. The van der Waals surface area contributed by atoms with Crippen LogP contribution in [0.3, 0.4) is 0 Å². The molecule has 0 aliphatic carbocycles. The van der Waals surface area contributed by atoms with Crippen LogP contribution in [0.2, 0.25) is 0 Å². The molecule has 6 heteroatoms. The van der Waals surface area contributed by atoms with E-state index in [9.17, 15) is 14.4 Å². The zero-order valence-electron chi connectivity index (χ0n) is 55.2. The van der Waals surface area contributed by atoms with Gasteiger partial charge in [0.1, 0.15) is 13.2 Å². The maximum absolute atomic E-state index is 13.0. The number of carbonyl (C=O) groups excluding carboxylic acids is 3. The fourth-order valence-electron chi connectivity index (χ4n) is 10.4. The summed E-state index contributed by atoms with van der Waals surface area (Å²) in [6.07, 6.45) is 94.5. The Hall–Kier alpha value is -3.41. The number of esters is 3. The molecule has 1 unspecified atom stereocenters. The van der Waals surface area contributed by atoms with Gasteiger partial charge >= 0.3 is 17.9 Å². The average molecular weight is 1160 g/mol. The second kappa shape index (κ2) is 71.1. The van der Waals surface area contributed by atoms with E-state index in [0.717, 1.165) is 96.3 Å². The van der Waals surface area contributed by atoms with Crippen molar-refractivity contribution in [2.24, 2.45) is 0 Å². The summed E-state index contributed by atoms with van der Waals surface area (Å²) in [6.45, 7) is 6.65. The maximum Gasteiger partial charge on any atom is 0.306 e. The van der Waals surface area contributed by atoms with Crippen LogP contribution < -0.4 is 0 Å². The van der Waals surface area contributed by atoms with Crippen LogP contribution in [-0.2, 0) is 28.6 Å². The van der Waals surface area contributed by atoms with E-state index in [2.05, 4.69) is 106 Å². The van der Waals surface area contributed by atoms with Gasteiger partial charge in [0.25, 0.3) is 0 Å². The van der Waals surface area contributed by atoms with Gasteiger partial charge in [-0.1, -0.05) is 311 Å². The van der Waals surface area contributed by atoms with Crippen molar-refractivity contribution >= 4 is 17.9 Å². The van der Waals surface area contributed by atoms with Crippen molar-refractivity contribution in [1.29, 1.82) is 0 Å². The quantitative estimate of drug-likeness (QED) is 0.0261. The molecule has 0 aromatic carbocycles. The predicted molar refractivity (Wildman–Crippen MR) is 362 cm³/mol. The van der Waals surface area contributed by atoms with E-state index in [1.165, 1.54) is 231 Å². The Kier molecular flexibility index (Phi) is 68.2. The molecule has 0 spiro atoms. The summed E-state index contributed by atoms with van der Waals surface area (Å²) in [5, 5.41) is 0. The summed E-state index contributed by atoms with van der Waals surface area (Å²) >= 11 is 0. The standard InChI is InChI=1S/C77H136O6/c1-4-7-10-13-16-19-22-25-28-31-34-36-37-38-39-41-43-46-49-52-55-58-61-64-67-70-76(79)82-73-74(72-81-75(78)69-66-63-60-57-54-51-48-45-42-33-30-27-24-21-18-15-12-9-6-3)83-77(80)71-68-65-62-59-56-53-50-47-44-40-35-32-29-26-23-20-17-14-11-8-5-2/h22-23,25-27,30-32,34-35,37-38,44,47,74H,4-21,24,28-29,33,36,39-43,45-46,48-73H2,1-3H3/b25-22-,26-23-,30-27-,34-31-,35-32-,38-37-,47-44-. The highest BCUT2D eigenvalue weighted by Gasteiger charge is 2.19. The molecule has 0 bridgehead atoms. The molecule has 0 fully saturated rings. The van der Waals surface area contributed by atoms with E-state index in [1.807, 2.05) is 0 Å². The van der Waals surface area contributed by atoms with Crippen LogP contribution in [0, 0.1) is 0 Å². The summed E-state index contributed by atoms with van der Waals surface area (Å²) < 4.78 is 17.0. The predicted octanol–water partition coefficient (Wildman–Crippen LogP) is 25.0. The molecule has 0 aromatic heterocycles. The third-order valence-electron chi connectivity index (χ3n) is 15.8. The summed E-state index contributed by atoms with van der Waals surface area (Å²) in [7, 11) is 0. The highest BCUT2D eigenvalue weighted by atomic mass is 16.6. The lowest BCUT2D eigenvalue weighted by Gasteiger charge is -2.18. The second-order valence-corrected chi connectivity index (χ2v) is 24.1. The molecule has 0 amide bonds. The van der Waals surface area contributed by atoms with Crippen LogP contribution in [0.5, 0.6) is 0 Å². The minimum absolute atomic E-state index is 0.0825. The van der Waals surface area contributed by atoms with Gasteiger partial charge in [-0.15, -0.1) is 0 Å². The topological polar surface area (TPSA) is 78.9 Å². The van der Waals surface area contributed by atoms with Gasteiger partial charge in [-0.25, -0.2) is 0 Å². The molecule has 0 saturated carbocycles. The largest absolute Gasteiger partial charge is 0.462 e. The number of ether oxygens (including phenoxy) is 3. The minimum Gasteiger partial charge on any atom is -0.462 e. The van der Waals surface area contributed by atoms with Gasteiger partial charge in [-0.05, 0) is 122 Å². The van der Waals surface area contributed by atoms with Crippen molar-refractivity contribution in [3.05, 3.63) is 85.1 Å². The van der Waals surface area contributed by atoms with E-state index >= 15 is 0 Å². The lowest BCUT2D eigenvalue weighted by Crippen LogP contribution is -2.30. The van der Waals surface area contributed by atoms with Crippen molar-refractivity contribution in [3.63, 3.8) is 0 Å². The van der Waals surface area contributed by atoms with Gasteiger partial charge in [0.15, 0.2) is 6.10 Å². The number of carbonyl (C=O) groups is 3. The van der Waals surface area contributed by atoms with E-state index < -0.39 is 6.10 Å². The normalized spacial score (nSPS) is 12.6. The van der Waals surface area contributed by atoms with Gasteiger partial charge in [0, 0.05) is 19.3 Å². The molecule has 0 aliphatic rings. The molecular weight excluding hydrogens is 1020 g/mol. The maximum atomic E-state index is 13.0. The molecule has 1 atom stereocenters. The Labute approximate surface area is 515 Å². The lowest BCUT2D eigenvalue weighted by molar-refractivity contribution is -0.167. The molecule has 0 aliphatic heterocycles. The van der Waals surface area contributed by atoms with Gasteiger partial charge < -0.3 is 14.2 Å². The van der Waals surface area contributed by atoms with Crippen LogP contribution >= 0.6 is 0 Å². The summed E-state index contributed by atoms with van der Waals surface area (Å²) in [5.41, 5.74) is 0. The van der Waals surface area contributed by atoms with E-state index in [0.29, 0.717) is 19.3 Å². The molecule has 0 aromatic rings. The Balaban J connectivity index is 4.39. The van der Waals surface area contributed by atoms with E-state index in [1.54, 1.807) is 0 Å². The lowest BCUT2D eigenvalue weighted by atomic mass is 10.0. The molecule has 480 valence electrons. The third kappa shape index (κ3) is 69.3. The van der Waals surface area contributed by atoms with Gasteiger partial charge in [-0.2, -0.15) is 0 Å². The Morgan fingerprint density at radius 2 is 0.434 bits per heavy atom. The molecule has 0 rings (SSSR count). The van der Waals surface area contributed by atoms with Crippen LogP contribution in [0.4, 0.5) is 0 Å². The fraction of sp³-hybridized carbons (Fsp3) is 0.779. The van der Waals surface area contributed by atoms with Crippen molar-refractivity contribution < 1.29 is 28.6 Å². The Morgan fingerprint density at radius 3 is 0.687 bits per heavy atom. The molecule has 83 heavy (non-hydrogen) atoms. The van der Waals surface area contributed by atoms with Crippen LogP contribution in [0.15, 0.2) is 85.1 Å². The highest BCUT2D eigenvalue weighted by Crippen LogP contribution is 2.17. The highest BCUT2D eigenvalue weighted by molar-refractivity contribution is 5.71. The summed E-state index contributed by atoms with van der Waals surface area (Å²) in [5.74, 6) is -0.882. The zero-order valence-corrected chi connectivity index (χ0v) is 55.2. The first-order valence-corrected chi connectivity index (χ1v) is 36.1. The summed E-state index contributed by atoms with van der Waals surface area (Å²) in [4.78, 5) is 38.5. The third-order valence-corrected chi connectivity index (χ3v) is 15.8. The zero-order chi connectivity index (χ0) is 59.9. The summed E-state index contributed by atoms with van der Waals surface area (Å²) in [6, 6.07) is 0. The van der Waals surface area contributed by atoms with Crippen molar-refractivity contribution in [2.75, 3.05) is 13.2 Å². The smallest absolute Gasteiger partial charge is 0.306 e. The van der Waals surface area contributed by atoms with Crippen LogP contribution in [0.25, 0.3) is 0 Å². The van der Waals surface area contributed by atoms with Gasteiger partial charge in [-0.3, -0.25) is 14.4 Å². The molecule has 0 saturated heterocycles. The first-order chi connectivity index (χ1) is 41.0. The SMILES string of the molecule is CCCCCCC/C=C\C/C=C\C/C=C\CCCCCCCCCCCCC(=O)OCC(COC(=O)CCCCCCCCCCC/C=C\CCCCCCCC)OC(=O)CCCCCCCC/C=C\C/C=C\C/C=C\CCCCCCC. The molecule has 0 heterocycles. The Bertz CT molecular complexity index is 1570. The van der Waals surface area contributed by atoms with E-state index in [4.69, 9.17) is 14.2 Å². The molecule has 0 radical (unpaired) electrons. The Morgan fingerprint density at radius 1 is 0.241 bits per heavy atom. The van der Waals surface area contributed by atoms with Crippen LogP contribution in [0.1, 0.15) is 367 Å². The number of rotatable bonds is 66. The monoisotopic (exact) mass is 1160 g/mol. The van der Waals surface area contributed by atoms with Crippen LogP contribution in [-0.4, -0.2) is 37.2 Å².